The van der Waals surface area contributed by atoms with Crippen molar-refractivity contribution < 1.29 is 23.9 Å². The maximum atomic E-state index is 13.5. The summed E-state index contributed by atoms with van der Waals surface area (Å²) >= 11 is 0. The van der Waals surface area contributed by atoms with Crippen LogP contribution in [0, 0.1) is 5.92 Å². The van der Waals surface area contributed by atoms with Gasteiger partial charge in [0, 0.05) is 20.0 Å². The molecule has 1 aromatic rings. The Morgan fingerprint density at radius 2 is 1.80 bits per heavy atom. The van der Waals surface area contributed by atoms with Crippen LogP contribution in [0.4, 0.5) is 0 Å². The largest absolute Gasteiger partial charge is 0.459 e. The van der Waals surface area contributed by atoms with E-state index in [1.54, 1.807) is 4.90 Å². The molecular weight excluding hydrogens is 384 g/mol. The van der Waals surface area contributed by atoms with Gasteiger partial charge in [0.15, 0.2) is 0 Å². The van der Waals surface area contributed by atoms with Crippen LogP contribution in [0.25, 0.3) is 0 Å². The number of nitrogens with zero attached hydrogens (tertiary/aromatic N) is 2. The smallest absolute Gasteiger partial charge is 0.329 e. The third kappa shape index (κ3) is 4.25. The predicted molar refractivity (Wildman–Crippen MR) is 110 cm³/mol. The van der Waals surface area contributed by atoms with Crippen LogP contribution in [-0.4, -0.2) is 58.0 Å². The summed E-state index contributed by atoms with van der Waals surface area (Å²) in [6.07, 6.45) is 2.11. The zero-order valence-corrected chi connectivity index (χ0v) is 17.9. The molecule has 2 fully saturated rings. The van der Waals surface area contributed by atoms with Crippen LogP contribution in [0.1, 0.15) is 52.0 Å². The maximum absolute atomic E-state index is 13.5. The van der Waals surface area contributed by atoms with Gasteiger partial charge in [0.05, 0.1) is 0 Å². The van der Waals surface area contributed by atoms with Crippen molar-refractivity contribution in [2.75, 3.05) is 13.1 Å². The van der Waals surface area contributed by atoms with Crippen molar-refractivity contribution in [2.45, 2.75) is 64.6 Å². The quantitative estimate of drug-likeness (QED) is 0.505. The van der Waals surface area contributed by atoms with Gasteiger partial charge in [0.1, 0.15) is 18.2 Å². The molecule has 0 radical (unpaired) electrons. The highest BCUT2D eigenvalue weighted by Crippen LogP contribution is 2.40. The Hall–Kier alpha value is -2.70. The number of rotatable bonds is 7. The molecule has 2 aliphatic rings. The van der Waals surface area contributed by atoms with Gasteiger partial charge in [0.25, 0.3) is 5.91 Å². The first-order valence-electron chi connectivity index (χ1n) is 10.6. The predicted octanol–water partition coefficient (Wildman–Crippen LogP) is 2.33. The average molecular weight is 415 g/mol. The summed E-state index contributed by atoms with van der Waals surface area (Å²) in [5.74, 6) is -1.67. The van der Waals surface area contributed by atoms with Gasteiger partial charge in [-0.2, -0.15) is 0 Å². The van der Waals surface area contributed by atoms with Crippen LogP contribution in [0.5, 0.6) is 0 Å². The highest BCUT2D eigenvalue weighted by molar-refractivity contribution is 6.35. The fourth-order valence-corrected chi connectivity index (χ4v) is 4.55. The normalized spacial score (nSPS) is 22.1. The van der Waals surface area contributed by atoms with Gasteiger partial charge >= 0.3 is 5.97 Å². The van der Waals surface area contributed by atoms with E-state index >= 15 is 0 Å². The third-order valence-corrected chi connectivity index (χ3v) is 6.03. The summed E-state index contributed by atoms with van der Waals surface area (Å²) in [6.45, 7) is 6.14. The zero-order valence-electron chi connectivity index (χ0n) is 17.9. The molecule has 2 aliphatic heterocycles. The second-order valence-electron chi connectivity index (χ2n) is 8.64. The van der Waals surface area contributed by atoms with Crippen LogP contribution >= 0.6 is 0 Å². The molecule has 3 rings (SSSR count). The van der Waals surface area contributed by atoms with Crippen molar-refractivity contribution in [2.24, 2.45) is 5.92 Å². The highest BCUT2D eigenvalue weighted by Gasteiger charge is 2.57. The van der Waals surface area contributed by atoms with Gasteiger partial charge in [-0.1, -0.05) is 44.2 Å². The van der Waals surface area contributed by atoms with Gasteiger partial charge < -0.3 is 14.5 Å². The standard InChI is InChI=1S/C23H30N2O5/c1-16(2)14-19(21(28)30-15-18-8-5-4-6-9-18)24-13-11-23(22(24)29)10-7-12-25(23)20(27)17(3)26/h4-6,8-9,16,19H,7,10-15H2,1-3H3/t19-,23-/m1/s1. The van der Waals surface area contributed by atoms with E-state index in [0.717, 1.165) is 5.56 Å². The maximum Gasteiger partial charge on any atom is 0.329 e. The highest BCUT2D eigenvalue weighted by atomic mass is 16.5. The van der Waals surface area contributed by atoms with Gasteiger partial charge in [0.2, 0.25) is 11.7 Å². The fraction of sp³-hybridized carbons (Fsp3) is 0.565. The second-order valence-corrected chi connectivity index (χ2v) is 8.64. The fourth-order valence-electron chi connectivity index (χ4n) is 4.55. The summed E-state index contributed by atoms with van der Waals surface area (Å²) in [5.41, 5.74) is -0.120. The lowest BCUT2D eigenvalue weighted by Gasteiger charge is -2.34. The zero-order chi connectivity index (χ0) is 21.9. The molecule has 0 bridgehead atoms. The van der Waals surface area contributed by atoms with E-state index in [-0.39, 0.29) is 18.4 Å². The van der Waals surface area contributed by atoms with Crippen molar-refractivity contribution in [3.05, 3.63) is 35.9 Å². The Morgan fingerprint density at radius 3 is 2.43 bits per heavy atom. The van der Waals surface area contributed by atoms with E-state index in [1.807, 2.05) is 44.2 Å². The Morgan fingerprint density at radius 1 is 1.10 bits per heavy atom. The number of hydrogen-bond acceptors (Lipinski definition) is 5. The number of hydrogen-bond donors (Lipinski definition) is 0. The SMILES string of the molecule is CC(=O)C(=O)N1CCC[C@]12CCN([C@H](CC(C)C)C(=O)OCc1ccccc1)C2=O. The molecule has 1 spiro atoms. The minimum Gasteiger partial charge on any atom is -0.459 e. The van der Waals surface area contributed by atoms with Crippen molar-refractivity contribution >= 4 is 23.6 Å². The summed E-state index contributed by atoms with van der Waals surface area (Å²) in [5, 5.41) is 0. The van der Waals surface area contributed by atoms with Crippen LogP contribution in [-0.2, 0) is 30.5 Å². The van der Waals surface area contributed by atoms with Crippen molar-refractivity contribution in [1.29, 1.82) is 0 Å². The molecule has 7 nitrogen and oxygen atoms in total. The van der Waals surface area contributed by atoms with Crippen molar-refractivity contribution in [1.82, 2.24) is 9.80 Å². The topological polar surface area (TPSA) is 84.0 Å². The molecule has 30 heavy (non-hydrogen) atoms. The van der Waals surface area contributed by atoms with Crippen molar-refractivity contribution in [3.63, 3.8) is 0 Å². The monoisotopic (exact) mass is 414 g/mol. The molecule has 0 aromatic heterocycles. The molecule has 7 heteroatoms. The van der Waals surface area contributed by atoms with Crippen LogP contribution in [0.15, 0.2) is 30.3 Å². The van der Waals surface area contributed by atoms with Gasteiger partial charge in [-0.15, -0.1) is 0 Å². The Balaban J connectivity index is 1.78. The molecule has 2 heterocycles. The first-order valence-corrected chi connectivity index (χ1v) is 10.6. The third-order valence-electron chi connectivity index (χ3n) is 6.03. The Bertz CT molecular complexity index is 822. The molecule has 2 saturated heterocycles. The number of esters is 1. The first-order chi connectivity index (χ1) is 14.3. The molecule has 2 atom stereocenters. The van der Waals surface area contributed by atoms with Crippen molar-refractivity contribution in [3.8, 4) is 0 Å². The van der Waals surface area contributed by atoms with Crippen LogP contribution < -0.4 is 0 Å². The number of likely N-dealkylation sites (tertiary alicyclic amines) is 2. The van der Waals surface area contributed by atoms with E-state index < -0.39 is 29.2 Å². The van der Waals surface area contributed by atoms with Gasteiger partial charge in [-0.3, -0.25) is 14.4 Å². The lowest BCUT2D eigenvalue weighted by Crippen LogP contribution is -2.56. The molecule has 0 aliphatic carbocycles. The van der Waals surface area contributed by atoms with Gasteiger partial charge in [-0.25, -0.2) is 4.79 Å². The molecular formula is C23H30N2O5. The van der Waals surface area contributed by atoms with E-state index in [4.69, 9.17) is 4.74 Å². The summed E-state index contributed by atoms with van der Waals surface area (Å²) < 4.78 is 5.55. The number of carbonyl (C=O) groups excluding carboxylic acids is 4. The first kappa shape index (κ1) is 22.0. The van der Waals surface area contributed by atoms with Gasteiger partial charge in [-0.05, 0) is 37.2 Å². The number of ketones is 1. The number of ether oxygens (including phenoxy) is 1. The summed E-state index contributed by atoms with van der Waals surface area (Å²) in [4.78, 5) is 53.5. The van der Waals surface area contributed by atoms with E-state index in [9.17, 15) is 19.2 Å². The van der Waals surface area contributed by atoms with E-state index in [0.29, 0.717) is 38.8 Å². The molecule has 162 valence electrons. The molecule has 0 saturated carbocycles. The lowest BCUT2D eigenvalue weighted by molar-refractivity contribution is -0.159. The average Bonchev–Trinajstić information content (AvgIpc) is 3.29. The van der Waals surface area contributed by atoms with E-state index in [1.165, 1.54) is 11.8 Å². The van der Waals surface area contributed by atoms with Crippen LogP contribution in [0.3, 0.4) is 0 Å². The van der Waals surface area contributed by atoms with Crippen LogP contribution in [0.2, 0.25) is 0 Å². The second kappa shape index (κ2) is 8.98. The summed E-state index contributed by atoms with van der Waals surface area (Å²) in [7, 11) is 0. The molecule has 0 unspecified atom stereocenters. The number of amides is 2. The number of carbonyl (C=O) groups is 4. The molecule has 0 N–H and O–H groups in total. The minimum atomic E-state index is -1.00. The lowest BCUT2D eigenvalue weighted by atomic mass is 9.93. The molecule has 2 amide bonds. The Labute approximate surface area is 177 Å². The van der Waals surface area contributed by atoms with E-state index in [2.05, 4.69) is 0 Å². The Kier molecular flexibility index (Phi) is 6.58. The number of benzene rings is 1. The minimum absolute atomic E-state index is 0.149. The number of Topliss-reactive ketones (excluding diaryl/α,β-unsaturated/α-hetero) is 1. The molecule has 1 aromatic carbocycles. The summed E-state index contributed by atoms with van der Waals surface area (Å²) in [6, 6.07) is 8.71.